The fourth-order valence-electron chi connectivity index (χ4n) is 3.15. The molecule has 2 atom stereocenters. The third-order valence-corrected chi connectivity index (χ3v) is 6.33. The second-order valence-corrected chi connectivity index (χ2v) is 10.8. The van der Waals surface area contributed by atoms with Crippen LogP contribution in [-0.4, -0.2) is 54.3 Å². The molecule has 0 radical (unpaired) electrons. The Bertz CT molecular complexity index is 981. The molecular weight excluding hydrogens is 569 g/mol. The molecule has 0 aromatic carbocycles. The Kier molecular flexibility index (Phi) is 27.4. The third-order valence-electron chi connectivity index (χ3n) is 5.34. The average molecular weight is 622 g/mol. The lowest BCUT2D eigenvalue weighted by Crippen LogP contribution is -2.27. The van der Waals surface area contributed by atoms with Crippen LogP contribution in [-0.2, 0) is 27.9 Å². The molecule has 0 fully saturated rings. The Morgan fingerprint density at radius 2 is 1.19 bits per heavy atom. The van der Waals surface area contributed by atoms with Crippen molar-refractivity contribution in [3.05, 3.63) is 85.1 Å². The van der Waals surface area contributed by atoms with Crippen LogP contribution < -0.4 is 5.32 Å². The van der Waals surface area contributed by atoms with Crippen LogP contribution in [0.5, 0.6) is 0 Å². The summed E-state index contributed by atoms with van der Waals surface area (Å²) in [6.07, 6.45) is 35.5. The maximum Gasteiger partial charge on any atom is 0.472 e. The summed E-state index contributed by atoms with van der Waals surface area (Å²) in [5, 5.41) is 12.4. The van der Waals surface area contributed by atoms with E-state index >= 15 is 0 Å². The molecule has 10 heteroatoms. The largest absolute Gasteiger partial charge is 0.472 e. The lowest BCUT2D eigenvalue weighted by Gasteiger charge is -2.15. The van der Waals surface area contributed by atoms with E-state index in [1.807, 2.05) is 19.1 Å². The van der Waals surface area contributed by atoms with Gasteiger partial charge in [0.1, 0.15) is 12.7 Å². The molecule has 43 heavy (non-hydrogen) atoms. The standard InChI is InChI=1S/C33H52NO8P/c1-3-5-6-7-8-9-10-11-12-13-14-15-16-17-18-19-20-21-22-23-24-26-33(37)40-29-31(35)30-42-43(38,39)41-28-27-34-32(36)25-4-2/h5-6,8-9,11-12,14-15,17-18,20-21,23-24,31,35H,3-4,7,10,13,16,19,22,25-30H2,1-2H3,(H,34,36)(H,38,39)/b6-5-,9-8-,12-11-,15-14-,18-17-,21-20-,24-23-. The van der Waals surface area contributed by atoms with E-state index in [1.165, 1.54) is 0 Å². The van der Waals surface area contributed by atoms with E-state index in [1.54, 1.807) is 6.08 Å². The number of carbonyl (C=O) groups excluding carboxylic acids is 2. The summed E-state index contributed by atoms with van der Waals surface area (Å²) in [6, 6.07) is 0. The zero-order chi connectivity index (χ0) is 31.9. The Labute approximate surface area is 258 Å². The van der Waals surface area contributed by atoms with Crippen molar-refractivity contribution in [3.8, 4) is 0 Å². The van der Waals surface area contributed by atoms with Crippen molar-refractivity contribution in [2.45, 2.75) is 84.2 Å². The lowest BCUT2D eigenvalue weighted by atomic mass is 10.2. The highest BCUT2D eigenvalue weighted by molar-refractivity contribution is 7.47. The van der Waals surface area contributed by atoms with Crippen LogP contribution in [0.15, 0.2) is 85.1 Å². The first-order valence-corrected chi connectivity index (χ1v) is 16.6. The Hall–Kier alpha value is -2.81. The van der Waals surface area contributed by atoms with Crippen molar-refractivity contribution in [2.24, 2.45) is 0 Å². The highest BCUT2D eigenvalue weighted by atomic mass is 31.2. The van der Waals surface area contributed by atoms with Gasteiger partial charge in [0.15, 0.2) is 0 Å². The highest BCUT2D eigenvalue weighted by Crippen LogP contribution is 2.42. The number of phosphoric ester groups is 1. The summed E-state index contributed by atoms with van der Waals surface area (Å²) < 4.78 is 26.1. The first kappa shape index (κ1) is 40.2. The van der Waals surface area contributed by atoms with Gasteiger partial charge in [-0.25, -0.2) is 4.57 Å². The molecule has 9 nitrogen and oxygen atoms in total. The summed E-state index contributed by atoms with van der Waals surface area (Å²) in [6.45, 7) is 2.90. The van der Waals surface area contributed by atoms with Crippen LogP contribution in [0.2, 0.25) is 0 Å². The minimum absolute atomic E-state index is 0.0432. The molecule has 0 aliphatic carbocycles. The zero-order valence-corrected chi connectivity index (χ0v) is 26.7. The van der Waals surface area contributed by atoms with E-state index in [4.69, 9.17) is 9.26 Å². The molecule has 0 aromatic rings. The number of aliphatic hydroxyl groups excluding tert-OH is 1. The van der Waals surface area contributed by atoms with Crippen LogP contribution in [0.4, 0.5) is 0 Å². The molecule has 0 aliphatic rings. The van der Waals surface area contributed by atoms with E-state index < -0.39 is 26.5 Å². The molecule has 0 rings (SSSR count). The molecule has 0 bridgehead atoms. The van der Waals surface area contributed by atoms with Gasteiger partial charge in [-0.1, -0.05) is 98.9 Å². The van der Waals surface area contributed by atoms with Gasteiger partial charge in [0, 0.05) is 13.0 Å². The fraction of sp³-hybridized carbons (Fsp3) is 0.515. The van der Waals surface area contributed by atoms with Crippen LogP contribution in [0.1, 0.15) is 78.1 Å². The van der Waals surface area contributed by atoms with Gasteiger partial charge in [0.25, 0.3) is 0 Å². The molecule has 2 unspecified atom stereocenters. The summed E-state index contributed by atoms with van der Waals surface area (Å²) in [5.41, 5.74) is 0. The van der Waals surface area contributed by atoms with Crippen molar-refractivity contribution in [2.75, 3.05) is 26.4 Å². The molecule has 0 heterocycles. The molecule has 0 saturated heterocycles. The molecular formula is C33H52NO8P. The highest BCUT2D eigenvalue weighted by Gasteiger charge is 2.23. The molecule has 0 spiro atoms. The number of phosphoric acid groups is 1. The number of allylic oxidation sites excluding steroid dienone is 13. The van der Waals surface area contributed by atoms with Crippen molar-refractivity contribution in [1.82, 2.24) is 5.32 Å². The summed E-state index contributed by atoms with van der Waals surface area (Å²) in [5.74, 6) is -0.718. The molecule has 0 aromatic heterocycles. The Morgan fingerprint density at radius 1 is 0.721 bits per heavy atom. The maximum atomic E-state index is 11.8. The number of hydrogen-bond donors (Lipinski definition) is 3. The molecule has 242 valence electrons. The quantitative estimate of drug-likeness (QED) is 0.0408. The van der Waals surface area contributed by atoms with E-state index in [9.17, 15) is 24.2 Å². The Morgan fingerprint density at radius 3 is 1.65 bits per heavy atom. The van der Waals surface area contributed by atoms with Gasteiger partial charge in [-0.2, -0.15) is 0 Å². The van der Waals surface area contributed by atoms with Gasteiger partial charge in [-0.3, -0.25) is 18.6 Å². The molecule has 1 amide bonds. The van der Waals surface area contributed by atoms with Crippen LogP contribution in [0.3, 0.4) is 0 Å². The van der Waals surface area contributed by atoms with Crippen molar-refractivity contribution < 1.29 is 37.9 Å². The number of rotatable bonds is 26. The monoisotopic (exact) mass is 621 g/mol. The molecule has 0 saturated carbocycles. The SMILES string of the molecule is CC/C=C\C/C=C\C/C=C\C/C=C\C/C=C\C/C=C\C/C=C\CC(=O)OCC(O)COP(=O)(O)OCCNC(=O)CCC. The van der Waals surface area contributed by atoms with Crippen LogP contribution >= 0.6 is 7.82 Å². The number of aliphatic hydroxyl groups is 1. The number of carbonyl (C=O) groups is 2. The lowest BCUT2D eigenvalue weighted by molar-refractivity contribution is -0.146. The minimum Gasteiger partial charge on any atom is -0.463 e. The van der Waals surface area contributed by atoms with Gasteiger partial charge >= 0.3 is 13.8 Å². The predicted molar refractivity (Wildman–Crippen MR) is 173 cm³/mol. The smallest absolute Gasteiger partial charge is 0.463 e. The minimum atomic E-state index is -4.40. The molecule has 0 aliphatic heterocycles. The summed E-state index contributed by atoms with van der Waals surface area (Å²) >= 11 is 0. The predicted octanol–water partition coefficient (Wildman–Crippen LogP) is 6.97. The number of ether oxygens (including phenoxy) is 1. The van der Waals surface area contributed by atoms with Crippen LogP contribution in [0, 0.1) is 0 Å². The first-order chi connectivity index (χ1) is 20.8. The van der Waals surface area contributed by atoms with Crippen molar-refractivity contribution >= 4 is 19.7 Å². The first-order valence-electron chi connectivity index (χ1n) is 15.1. The third kappa shape index (κ3) is 30.5. The van der Waals surface area contributed by atoms with Gasteiger partial charge in [-0.15, -0.1) is 0 Å². The van der Waals surface area contributed by atoms with E-state index in [-0.39, 0.29) is 32.1 Å². The van der Waals surface area contributed by atoms with Gasteiger partial charge in [-0.05, 0) is 51.4 Å². The van der Waals surface area contributed by atoms with E-state index in [0.29, 0.717) is 19.3 Å². The fourth-order valence-corrected chi connectivity index (χ4v) is 3.91. The zero-order valence-electron chi connectivity index (χ0n) is 25.9. The van der Waals surface area contributed by atoms with Gasteiger partial charge < -0.3 is 20.1 Å². The van der Waals surface area contributed by atoms with Gasteiger partial charge in [0.05, 0.1) is 19.6 Å². The number of hydrogen-bond acceptors (Lipinski definition) is 7. The second-order valence-electron chi connectivity index (χ2n) is 9.36. The van der Waals surface area contributed by atoms with Crippen LogP contribution in [0.25, 0.3) is 0 Å². The Balaban J connectivity index is 3.83. The number of esters is 1. The number of nitrogens with one attached hydrogen (secondary N) is 1. The normalized spacial score (nSPS) is 14.8. The summed E-state index contributed by atoms with van der Waals surface area (Å²) in [4.78, 5) is 32.7. The van der Waals surface area contributed by atoms with Crippen molar-refractivity contribution in [1.29, 1.82) is 0 Å². The second kappa shape index (κ2) is 29.3. The van der Waals surface area contributed by atoms with Crippen molar-refractivity contribution in [3.63, 3.8) is 0 Å². The molecule has 3 N–H and O–H groups in total. The average Bonchev–Trinajstić information content (AvgIpc) is 2.98. The number of amides is 1. The topological polar surface area (TPSA) is 131 Å². The maximum absolute atomic E-state index is 11.8. The van der Waals surface area contributed by atoms with E-state index in [2.05, 4.69) is 83.6 Å². The summed E-state index contributed by atoms with van der Waals surface area (Å²) in [7, 11) is -4.40. The van der Waals surface area contributed by atoms with Gasteiger partial charge in [0.2, 0.25) is 5.91 Å². The van der Waals surface area contributed by atoms with E-state index in [0.717, 1.165) is 38.5 Å².